The summed E-state index contributed by atoms with van der Waals surface area (Å²) in [7, 11) is 0. The Bertz CT molecular complexity index is 655. The van der Waals surface area contributed by atoms with Gasteiger partial charge in [0.2, 0.25) is 0 Å². The second kappa shape index (κ2) is 3.95. The standard InChI is InChI=1S/C15H13NO2/c1-10(17)8-9-16-13-7-3-5-11-4-2-6-12(14(11)13)15(16)18/h2-7H,8-9H2,1H3. The fraction of sp³-hybridized carbons (Fsp3) is 0.200. The number of amides is 1. The summed E-state index contributed by atoms with van der Waals surface area (Å²) >= 11 is 0. The Morgan fingerprint density at radius 1 is 1.17 bits per heavy atom. The first-order valence-corrected chi connectivity index (χ1v) is 6.01. The number of carbonyl (C=O) groups is 2. The van der Waals surface area contributed by atoms with Gasteiger partial charge in [0.25, 0.3) is 5.91 Å². The molecule has 0 fully saturated rings. The van der Waals surface area contributed by atoms with E-state index < -0.39 is 0 Å². The predicted octanol–water partition coefficient (Wildman–Crippen LogP) is 2.78. The van der Waals surface area contributed by atoms with Crippen molar-refractivity contribution < 1.29 is 9.59 Å². The van der Waals surface area contributed by atoms with Gasteiger partial charge in [-0.2, -0.15) is 0 Å². The molecule has 0 bridgehead atoms. The van der Waals surface area contributed by atoms with E-state index >= 15 is 0 Å². The van der Waals surface area contributed by atoms with Crippen LogP contribution in [-0.2, 0) is 4.79 Å². The molecule has 3 nitrogen and oxygen atoms in total. The number of ketones is 1. The first-order chi connectivity index (χ1) is 8.68. The summed E-state index contributed by atoms with van der Waals surface area (Å²) in [5, 5.41) is 2.08. The molecule has 1 aliphatic heterocycles. The molecule has 18 heavy (non-hydrogen) atoms. The van der Waals surface area contributed by atoms with Crippen molar-refractivity contribution in [2.75, 3.05) is 11.4 Å². The molecule has 2 aromatic rings. The SMILES string of the molecule is CC(=O)CCN1C(=O)c2cccc3cccc1c23. The monoisotopic (exact) mass is 239 g/mol. The van der Waals surface area contributed by atoms with Gasteiger partial charge in [-0.15, -0.1) is 0 Å². The average Bonchev–Trinajstić information content (AvgIpc) is 2.63. The average molecular weight is 239 g/mol. The highest BCUT2D eigenvalue weighted by atomic mass is 16.2. The number of rotatable bonds is 3. The third-order valence-electron chi connectivity index (χ3n) is 3.34. The quantitative estimate of drug-likeness (QED) is 0.825. The molecule has 90 valence electrons. The first-order valence-electron chi connectivity index (χ1n) is 6.01. The van der Waals surface area contributed by atoms with Gasteiger partial charge in [-0.25, -0.2) is 0 Å². The zero-order valence-corrected chi connectivity index (χ0v) is 10.1. The van der Waals surface area contributed by atoms with Crippen molar-refractivity contribution in [2.24, 2.45) is 0 Å². The van der Waals surface area contributed by atoms with Crippen LogP contribution in [0.2, 0.25) is 0 Å². The molecule has 0 atom stereocenters. The fourth-order valence-corrected chi connectivity index (χ4v) is 2.47. The lowest BCUT2D eigenvalue weighted by molar-refractivity contribution is -0.116. The zero-order chi connectivity index (χ0) is 12.7. The van der Waals surface area contributed by atoms with Crippen LogP contribution in [0.3, 0.4) is 0 Å². The van der Waals surface area contributed by atoms with Crippen molar-refractivity contribution in [1.82, 2.24) is 0 Å². The van der Waals surface area contributed by atoms with Gasteiger partial charge >= 0.3 is 0 Å². The summed E-state index contributed by atoms with van der Waals surface area (Å²) in [6, 6.07) is 11.6. The Hall–Kier alpha value is -2.16. The van der Waals surface area contributed by atoms with Gasteiger partial charge in [0.05, 0.1) is 5.69 Å². The molecular formula is C15H13NO2. The van der Waals surface area contributed by atoms with E-state index in [1.54, 1.807) is 11.8 Å². The maximum atomic E-state index is 12.3. The number of carbonyl (C=O) groups excluding carboxylic acids is 2. The Kier molecular flexibility index (Phi) is 2.40. The first kappa shape index (κ1) is 11.0. The van der Waals surface area contributed by atoms with E-state index in [9.17, 15) is 9.59 Å². The molecule has 0 saturated heterocycles. The van der Waals surface area contributed by atoms with Crippen molar-refractivity contribution >= 4 is 28.2 Å². The Morgan fingerprint density at radius 3 is 2.61 bits per heavy atom. The maximum absolute atomic E-state index is 12.3. The number of hydrogen-bond donors (Lipinski definition) is 0. The highest BCUT2D eigenvalue weighted by molar-refractivity contribution is 6.25. The number of anilines is 1. The molecule has 0 saturated carbocycles. The van der Waals surface area contributed by atoms with E-state index in [0.29, 0.717) is 13.0 Å². The van der Waals surface area contributed by atoms with Crippen LogP contribution in [0.15, 0.2) is 36.4 Å². The molecule has 3 heteroatoms. The minimum Gasteiger partial charge on any atom is -0.307 e. The molecule has 1 aliphatic rings. The lowest BCUT2D eigenvalue weighted by Gasteiger charge is -2.16. The summed E-state index contributed by atoms with van der Waals surface area (Å²) in [6.45, 7) is 2.01. The smallest absolute Gasteiger partial charge is 0.259 e. The Morgan fingerprint density at radius 2 is 1.89 bits per heavy atom. The number of hydrogen-bond acceptors (Lipinski definition) is 2. The van der Waals surface area contributed by atoms with E-state index in [0.717, 1.165) is 22.0 Å². The molecule has 2 aromatic carbocycles. The van der Waals surface area contributed by atoms with Crippen LogP contribution in [0.1, 0.15) is 23.7 Å². The highest BCUT2D eigenvalue weighted by Gasteiger charge is 2.28. The van der Waals surface area contributed by atoms with Crippen LogP contribution in [-0.4, -0.2) is 18.2 Å². The molecule has 0 unspecified atom stereocenters. The van der Waals surface area contributed by atoms with E-state index in [1.165, 1.54) is 0 Å². The molecular weight excluding hydrogens is 226 g/mol. The number of benzene rings is 2. The summed E-state index contributed by atoms with van der Waals surface area (Å²) in [5.41, 5.74) is 1.67. The van der Waals surface area contributed by atoms with E-state index in [2.05, 4.69) is 0 Å². The summed E-state index contributed by atoms with van der Waals surface area (Å²) in [6.07, 6.45) is 0.399. The zero-order valence-electron chi connectivity index (χ0n) is 10.1. The highest BCUT2D eigenvalue weighted by Crippen LogP contribution is 2.36. The topological polar surface area (TPSA) is 37.4 Å². The van der Waals surface area contributed by atoms with Crippen molar-refractivity contribution in [3.05, 3.63) is 42.0 Å². The van der Waals surface area contributed by atoms with Crippen LogP contribution in [0.25, 0.3) is 10.8 Å². The van der Waals surface area contributed by atoms with Crippen LogP contribution >= 0.6 is 0 Å². The van der Waals surface area contributed by atoms with Crippen LogP contribution in [0, 0.1) is 0 Å². The van der Waals surface area contributed by atoms with E-state index in [-0.39, 0.29) is 11.7 Å². The van der Waals surface area contributed by atoms with Crippen molar-refractivity contribution in [3.63, 3.8) is 0 Å². The van der Waals surface area contributed by atoms with Crippen molar-refractivity contribution in [2.45, 2.75) is 13.3 Å². The molecule has 0 N–H and O–H groups in total. The minimum absolute atomic E-state index is 0.00282. The number of nitrogens with zero attached hydrogens (tertiary/aromatic N) is 1. The summed E-state index contributed by atoms with van der Waals surface area (Å²) in [5.74, 6) is 0.106. The molecule has 0 aromatic heterocycles. The Balaban J connectivity index is 2.10. The Labute approximate surface area is 105 Å². The third-order valence-corrected chi connectivity index (χ3v) is 3.34. The van der Waals surface area contributed by atoms with Crippen molar-refractivity contribution in [1.29, 1.82) is 0 Å². The second-order valence-electron chi connectivity index (χ2n) is 4.59. The maximum Gasteiger partial charge on any atom is 0.259 e. The molecule has 3 rings (SSSR count). The number of Topliss-reactive ketones (excluding diaryl/α,β-unsaturated/α-hetero) is 1. The lowest BCUT2D eigenvalue weighted by atomic mass is 10.1. The largest absolute Gasteiger partial charge is 0.307 e. The normalized spacial score (nSPS) is 13.4. The van der Waals surface area contributed by atoms with Gasteiger partial charge in [0.15, 0.2) is 0 Å². The van der Waals surface area contributed by atoms with E-state index in [4.69, 9.17) is 0 Å². The fourth-order valence-electron chi connectivity index (χ4n) is 2.47. The summed E-state index contributed by atoms with van der Waals surface area (Å²) < 4.78 is 0. The van der Waals surface area contributed by atoms with Gasteiger partial charge in [-0.1, -0.05) is 24.3 Å². The van der Waals surface area contributed by atoms with Gasteiger partial charge in [-0.3, -0.25) is 9.59 Å². The van der Waals surface area contributed by atoms with Gasteiger partial charge in [0, 0.05) is 23.9 Å². The van der Waals surface area contributed by atoms with Gasteiger partial charge < -0.3 is 4.90 Å². The summed E-state index contributed by atoms with van der Waals surface area (Å²) in [4.78, 5) is 25.1. The van der Waals surface area contributed by atoms with Crippen LogP contribution in [0.5, 0.6) is 0 Å². The predicted molar refractivity (Wildman–Crippen MR) is 70.9 cm³/mol. The minimum atomic E-state index is 0.00282. The molecule has 0 spiro atoms. The van der Waals surface area contributed by atoms with Crippen LogP contribution in [0.4, 0.5) is 5.69 Å². The molecule has 1 amide bonds. The molecule has 0 radical (unpaired) electrons. The van der Waals surface area contributed by atoms with Crippen LogP contribution < -0.4 is 4.90 Å². The van der Waals surface area contributed by atoms with Crippen molar-refractivity contribution in [3.8, 4) is 0 Å². The van der Waals surface area contributed by atoms with E-state index in [1.807, 2.05) is 36.4 Å². The van der Waals surface area contributed by atoms with Gasteiger partial charge in [-0.05, 0) is 24.4 Å². The molecule has 1 heterocycles. The third kappa shape index (κ3) is 1.51. The lowest BCUT2D eigenvalue weighted by Crippen LogP contribution is -2.28. The van der Waals surface area contributed by atoms with Gasteiger partial charge in [0.1, 0.15) is 5.78 Å². The molecule has 0 aliphatic carbocycles. The second-order valence-corrected chi connectivity index (χ2v) is 4.59.